The third-order valence-electron chi connectivity index (χ3n) is 4.29. The number of furan rings is 1. The van der Waals surface area contributed by atoms with Crippen molar-refractivity contribution >= 4 is 22.1 Å². The summed E-state index contributed by atoms with van der Waals surface area (Å²) in [6.07, 6.45) is 0.781. The van der Waals surface area contributed by atoms with Gasteiger partial charge in [0.1, 0.15) is 11.3 Å². The van der Waals surface area contributed by atoms with E-state index in [4.69, 9.17) is 4.42 Å². The smallest absolute Gasteiger partial charge is 0.228 e. The molecule has 0 spiro atoms. The van der Waals surface area contributed by atoms with Crippen LogP contribution in [-0.2, 0) is 6.42 Å². The standard InChI is InChI=1S/C20H17NO2/c1-3-13-10-15-18(11-17(13)22)23-20-19(15)12(2)9-16(21-20)14-7-5-4-6-8-14/h4-11,22H,3H2,1-2H3. The predicted molar refractivity (Wildman–Crippen MR) is 92.7 cm³/mol. The molecule has 0 saturated heterocycles. The van der Waals surface area contributed by atoms with E-state index < -0.39 is 0 Å². The van der Waals surface area contributed by atoms with Gasteiger partial charge in [0.15, 0.2) is 0 Å². The minimum absolute atomic E-state index is 0.278. The molecule has 0 aliphatic rings. The fourth-order valence-corrected chi connectivity index (χ4v) is 3.08. The van der Waals surface area contributed by atoms with E-state index in [1.165, 1.54) is 0 Å². The van der Waals surface area contributed by atoms with Crippen LogP contribution >= 0.6 is 0 Å². The van der Waals surface area contributed by atoms with Crippen LogP contribution in [0, 0.1) is 6.92 Å². The Hall–Kier alpha value is -2.81. The number of fused-ring (bicyclic) bond motifs is 3. The van der Waals surface area contributed by atoms with Crippen LogP contribution in [0.3, 0.4) is 0 Å². The molecule has 2 aromatic carbocycles. The van der Waals surface area contributed by atoms with Crippen LogP contribution in [-0.4, -0.2) is 10.1 Å². The van der Waals surface area contributed by atoms with Gasteiger partial charge >= 0.3 is 0 Å². The Morgan fingerprint density at radius 2 is 1.87 bits per heavy atom. The summed E-state index contributed by atoms with van der Waals surface area (Å²) < 4.78 is 5.90. The first-order valence-corrected chi connectivity index (χ1v) is 7.78. The number of pyridine rings is 1. The minimum Gasteiger partial charge on any atom is -0.508 e. The Balaban J connectivity index is 2.03. The number of benzene rings is 2. The fraction of sp³-hybridized carbons (Fsp3) is 0.150. The molecule has 114 valence electrons. The van der Waals surface area contributed by atoms with E-state index >= 15 is 0 Å². The molecule has 0 saturated carbocycles. The molecule has 2 aromatic heterocycles. The fourth-order valence-electron chi connectivity index (χ4n) is 3.08. The predicted octanol–water partition coefficient (Wildman–Crippen LogP) is 5.22. The summed E-state index contributed by atoms with van der Waals surface area (Å²) in [4.78, 5) is 4.68. The lowest BCUT2D eigenvalue weighted by atomic mass is 10.0. The highest BCUT2D eigenvalue weighted by atomic mass is 16.3. The van der Waals surface area contributed by atoms with Crippen molar-refractivity contribution in [3.63, 3.8) is 0 Å². The van der Waals surface area contributed by atoms with E-state index in [-0.39, 0.29) is 5.75 Å². The Morgan fingerprint density at radius 1 is 1.09 bits per heavy atom. The van der Waals surface area contributed by atoms with Crippen LogP contribution in [0.1, 0.15) is 18.1 Å². The summed E-state index contributed by atoms with van der Waals surface area (Å²) in [5.74, 6) is 0.278. The molecule has 0 radical (unpaired) electrons. The first kappa shape index (κ1) is 13.8. The van der Waals surface area contributed by atoms with Gasteiger partial charge in [-0.15, -0.1) is 0 Å². The number of nitrogens with zero attached hydrogens (tertiary/aromatic N) is 1. The van der Waals surface area contributed by atoms with Crippen molar-refractivity contribution in [1.29, 1.82) is 0 Å². The number of aryl methyl sites for hydroxylation is 2. The van der Waals surface area contributed by atoms with Crippen molar-refractivity contribution in [3.05, 3.63) is 59.7 Å². The van der Waals surface area contributed by atoms with Crippen molar-refractivity contribution in [3.8, 4) is 17.0 Å². The molecule has 1 N–H and O–H groups in total. The largest absolute Gasteiger partial charge is 0.508 e. The maximum atomic E-state index is 10.1. The van der Waals surface area contributed by atoms with Gasteiger partial charge in [0.05, 0.1) is 11.1 Å². The summed E-state index contributed by atoms with van der Waals surface area (Å²) >= 11 is 0. The topological polar surface area (TPSA) is 46.3 Å². The van der Waals surface area contributed by atoms with Gasteiger partial charge in [-0.05, 0) is 36.6 Å². The molecule has 0 aliphatic carbocycles. The summed E-state index contributed by atoms with van der Waals surface area (Å²) in [7, 11) is 0. The molecular weight excluding hydrogens is 286 g/mol. The van der Waals surface area contributed by atoms with Crippen molar-refractivity contribution in [1.82, 2.24) is 4.98 Å². The summed E-state index contributed by atoms with van der Waals surface area (Å²) in [6.45, 7) is 4.10. The molecule has 2 heterocycles. The third-order valence-corrected chi connectivity index (χ3v) is 4.29. The zero-order valence-corrected chi connectivity index (χ0v) is 13.1. The van der Waals surface area contributed by atoms with Crippen molar-refractivity contribution < 1.29 is 9.52 Å². The highest BCUT2D eigenvalue weighted by Gasteiger charge is 2.15. The molecule has 3 nitrogen and oxygen atoms in total. The highest BCUT2D eigenvalue weighted by Crippen LogP contribution is 2.36. The second kappa shape index (κ2) is 5.13. The number of phenols is 1. The van der Waals surface area contributed by atoms with E-state index in [2.05, 4.69) is 18.0 Å². The zero-order chi connectivity index (χ0) is 16.0. The second-order valence-corrected chi connectivity index (χ2v) is 5.80. The van der Waals surface area contributed by atoms with Crippen molar-refractivity contribution in [2.24, 2.45) is 0 Å². The first-order chi connectivity index (χ1) is 11.2. The monoisotopic (exact) mass is 303 g/mol. The van der Waals surface area contributed by atoms with Gasteiger partial charge in [-0.25, -0.2) is 4.98 Å². The summed E-state index contributed by atoms with van der Waals surface area (Å²) in [6, 6.07) is 15.9. The van der Waals surface area contributed by atoms with Crippen LogP contribution in [0.25, 0.3) is 33.3 Å². The molecule has 0 atom stereocenters. The van der Waals surface area contributed by atoms with Crippen LogP contribution in [0.15, 0.2) is 52.9 Å². The summed E-state index contributed by atoms with van der Waals surface area (Å²) in [5.41, 5.74) is 5.30. The normalized spacial score (nSPS) is 11.4. The molecule has 0 bridgehead atoms. The van der Waals surface area contributed by atoms with Crippen LogP contribution in [0.2, 0.25) is 0 Å². The lowest BCUT2D eigenvalue weighted by Gasteiger charge is -2.03. The van der Waals surface area contributed by atoms with Gasteiger partial charge < -0.3 is 9.52 Å². The molecule has 4 rings (SSSR count). The Bertz CT molecular complexity index is 1020. The second-order valence-electron chi connectivity index (χ2n) is 5.80. The first-order valence-electron chi connectivity index (χ1n) is 7.78. The summed E-state index contributed by atoms with van der Waals surface area (Å²) in [5, 5.41) is 12.1. The number of phenolic OH excluding ortho intramolecular Hbond substituents is 1. The van der Waals surface area contributed by atoms with E-state index in [0.29, 0.717) is 11.3 Å². The van der Waals surface area contributed by atoms with Gasteiger partial charge in [-0.2, -0.15) is 0 Å². The Morgan fingerprint density at radius 3 is 2.61 bits per heavy atom. The quantitative estimate of drug-likeness (QED) is 0.552. The minimum atomic E-state index is 0.278. The molecule has 3 heteroatoms. The molecule has 4 aromatic rings. The molecule has 0 unspecified atom stereocenters. The lowest BCUT2D eigenvalue weighted by Crippen LogP contribution is -1.86. The molecule has 23 heavy (non-hydrogen) atoms. The van der Waals surface area contributed by atoms with Crippen molar-refractivity contribution in [2.45, 2.75) is 20.3 Å². The molecular formula is C20H17NO2. The maximum Gasteiger partial charge on any atom is 0.228 e. The Labute approximate surface area is 134 Å². The van der Waals surface area contributed by atoms with Crippen LogP contribution in [0.5, 0.6) is 5.75 Å². The molecule has 0 aliphatic heterocycles. The number of aromatic hydroxyl groups is 1. The van der Waals surface area contributed by atoms with Crippen LogP contribution in [0.4, 0.5) is 0 Å². The van der Waals surface area contributed by atoms with E-state index in [9.17, 15) is 5.11 Å². The van der Waals surface area contributed by atoms with E-state index in [1.54, 1.807) is 6.07 Å². The average molecular weight is 303 g/mol. The van der Waals surface area contributed by atoms with Crippen molar-refractivity contribution in [2.75, 3.05) is 0 Å². The van der Waals surface area contributed by atoms with E-state index in [0.717, 1.165) is 39.6 Å². The van der Waals surface area contributed by atoms with Gasteiger partial charge in [-0.3, -0.25) is 0 Å². The SMILES string of the molecule is CCc1cc2c(cc1O)oc1nc(-c3ccccc3)cc(C)c12. The molecule has 0 fully saturated rings. The zero-order valence-electron chi connectivity index (χ0n) is 13.1. The van der Waals surface area contributed by atoms with Gasteiger partial charge in [0, 0.05) is 17.0 Å². The van der Waals surface area contributed by atoms with Gasteiger partial charge in [-0.1, -0.05) is 37.3 Å². The van der Waals surface area contributed by atoms with E-state index in [1.807, 2.05) is 43.3 Å². The third kappa shape index (κ3) is 2.16. The number of hydrogen-bond acceptors (Lipinski definition) is 3. The lowest BCUT2D eigenvalue weighted by molar-refractivity contribution is 0.468. The van der Waals surface area contributed by atoms with Gasteiger partial charge in [0.2, 0.25) is 5.71 Å². The number of hydrogen-bond donors (Lipinski definition) is 1. The van der Waals surface area contributed by atoms with Gasteiger partial charge in [0.25, 0.3) is 0 Å². The maximum absolute atomic E-state index is 10.1. The average Bonchev–Trinajstić information content (AvgIpc) is 2.92. The number of aromatic nitrogens is 1. The Kier molecular flexibility index (Phi) is 3.08. The highest BCUT2D eigenvalue weighted by molar-refractivity contribution is 6.06. The van der Waals surface area contributed by atoms with Crippen LogP contribution < -0.4 is 0 Å². The molecule has 0 amide bonds. The number of rotatable bonds is 2.